The first-order chi connectivity index (χ1) is 14.8. The third-order valence-electron chi connectivity index (χ3n) is 3.81. The molecule has 1 aromatic rings. The molecule has 0 saturated heterocycles. The molecule has 0 spiro atoms. The van der Waals surface area contributed by atoms with Gasteiger partial charge in [0, 0.05) is 5.56 Å². The van der Waals surface area contributed by atoms with Crippen LogP contribution >= 0.6 is 0 Å². The smallest absolute Gasteiger partial charge is 0.431 e. The van der Waals surface area contributed by atoms with Gasteiger partial charge in [-0.3, -0.25) is 0 Å². The van der Waals surface area contributed by atoms with Crippen molar-refractivity contribution in [3.8, 4) is 6.07 Å². The van der Waals surface area contributed by atoms with Crippen LogP contribution in [0, 0.1) is 18.3 Å². The Morgan fingerprint density at radius 1 is 0.879 bits per heavy atom. The number of hydrazine groups is 1. The summed E-state index contributed by atoms with van der Waals surface area (Å²) < 4.78 is 16.2. The molecule has 1 aromatic carbocycles. The third kappa shape index (κ3) is 7.97. The maximum Gasteiger partial charge on any atom is 0.431 e. The molecule has 9 heteroatoms. The Morgan fingerprint density at radius 3 is 1.82 bits per heavy atom. The summed E-state index contributed by atoms with van der Waals surface area (Å²) in [6.07, 6.45) is -2.19. The van der Waals surface area contributed by atoms with Crippen LogP contribution in [0.4, 0.5) is 9.59 Å². The second kappa shape index (κ2) is 9.69. The van der Waals surface area contributed by atoms with Crippen LogP contribution in [0.5, 0.6) is 0 Å². The summed E-state index contributed by atoms with van der Waals surface area (Å²) >= 11 is 0. The van der Waals surface area contributed by atoms with Crippen molar-refractivity contribution in [2.75, 3.05) is 0 Å². The SMILES string of the molecule is Cc1cccc(C(C#N)(C(=O)OC(C)(C)C)N(NC(=O)OC(C)(C)C)C(=O)OC(C)(C)C)c1. The first-order valence-electron chi connectivity index (χ1n) is 10.6. The molecule has 0 aliphatic rings. The molecule has 0 heterocycles. The van der Waals surface area contributed by atoms with Crippen molar-refractivity contribution >= 4 is 18.2 Å². The topological polar surface area (TPSA) is 118 Å². The largest absolute Gasteiger partial charge is 0.457 e. The van der Waals surface area contributed by atoms with E-state index in [-0.39, 0.29) is 5.56 Å². The number of benzene rings is 1. The highest BCUT2D eigenvalue weighted by Crippen LogP contribution is 2.33. The zero-order valence-corrected chi connectivity index (χ0v) is 21.2. The van der Waals surface area contributed by atoms with Crippen LogP contribution in [0.25, 0.3) is 0 Å². The molecule has 0 radical (unpaired) electrons. The highest BCUT2D eigenvalue weighted by molar-refractivity contribution is 5.91. The molecule has 0 aliphatic carbocycles. The summed E-state index contributed by atoms with van der Waals surface area (Å²) in [7, 11) is 0. The van der Waals surface area contributed by atoms with Gasteiger partial charge in [-0.25, -0.2) is 19.8 Å². The fourth-order valence-electron chi connectivity index (χ4n) is 2.69. The number of hydrogen-bond acceptors (Lipinski definition) is 7. The number of nitrogens with zero attached hydrogens (tertiary/aromatic N) is 2. The van der Waals surface area contributed by atoms with Gasteiger partial charge in [0.25, 0.3) is 5.54 Å². The lowest BCUT2D eigenvalue weighted by Crippen LogP contribution is -2.63. The van der Waals surface area contributed by atoms with Gasteiger partial charge in [0.05, 0.1) is 0 Å². The average molecular weight is 462 g/mol. The second-order valence-electron chi connectivity index (χ2n) is 10.6. The van der Waals surface area contributed by atoms with E-state index < -0.39 is 40.5 Å². The first-order valence-corrected chi connectivity index (χ1v) is 10.6. The fourth-order valence-corrected chi connectivity index (χ4v) is 2.69. The molecule has 2 amide bonds. The van der Waals surface area contributed by atoms with Gasteiger partial charge >= 0.3 is 18.2 Å². The maximum atomic E-state index is 13.5. The molecular weight excluding hydrogens is 426 g/mol. The highest BCUT2D eigenvalue weighted by Gasteiger charge is 2.54. The molecule has 0 aromatic heterocycles. The number of esters is 1. The Bertz CT molecular complexity index is 931. The molecule has 182 valence electrons. The van der Waals surface area contributed by atoms with Crippen molar-refractivity contribution in [1.29, 1.82) is 5.26 Å². The Morgan fingerprint density at radius 2 is 1.39 bits per heavy atom. The molecule has 9 nitrogen and oxygen atoms in total. The minimum Gasteiger partial charge on any atom is -0.457 e. The van der Waals surface area contributed by atoms with Crippen molar-refractivity contribution in [2.24, 2.45) is 0 Å². The number of aryl methyl sites for hydroxylation is 1. The van der Waals surface area contributed by atoms with E-state index in [4.69, 9.17) is 14.2 Å². The Hall–Kier alpha value is -3.28. The molecule has 0 saturated carbocycles. The lowest BCUT2D eigenvalue weighted by atomic mass is 9.89. The standard InChI is InChI=1S/C24H35N3O6/c1-16-12-11-13-17(14-16)24(15-25,18(28)31-21(2,3)4)27(20(30)33-23(8,9)10)26-19(29)32-22(5,6)7/h11-14H,1-10H3,(H,26,29). The van der Waals surface area contributed by atoms with Gasteiger partial charge in [0.15, 0.2) is 0 Å². The predicted molar refractivity (Wildman–Crippen MR) is 122 cm³/mol. The van der Waals surface area contributed by atoms with Crippen molar-refractivity contribution in [1.82, 2.24) is 10.4 Å². The molecule has 1 rings (SSSR count). The summed E-state index contributed by atoms with van der Waals surface area (Å²) in [5.41, 5.74) is -2.22. The lowest BCUT2D eigenvalue weighted by molar-refractivity contribution is -0.168. The first kappa shape index (κ1) is 27.8. The van der Waals surface area contributed by atoms with Crippen LogP contribution in [0.15, 0.2) is 24.3 Å². The average Bonchev–Trinajstić information content (AvgIpc) is 2.57. The van der Waals surface area contributed by atoms with Gasteiger partial charge in [-0.15, -0.1) is 0 Å². The van der Waals surface area contributed by atoms with E-state index in [1.807, 2.05) is 6.07 Å². The van der Waals surface area contributed by atoms with Gasteiger partial charge < -0.3 is 14.2 Å². The van der Waals surface area contributed by atoms with E-state index in [1.165, 1.54) is 6.07 Å². The number of nitrogens with one attached hydrogen (secondary N) is 1. The minimum atomic E-state index is -2.40. The Balaban J connectivity index is 3.79. The van der Waals surface area contributed by atoms with E-state index >= 15 is 0 Å². The molecule has 1 unspecified atom stereocenters. The van der Waals surface area contributed by atoms with Crippen LogP contribution in [0.1, 0.15) is 73.4 Å². The van der Waals surface area contributed by atoms with Crippen molar-refractivity contribution in [3.05, 3.63) is 35.4 Å². The molecule has 33 heavy (non-hydrogen) atoms. The summed E-state index contributed by atoms with van der Waals surface area (Å²) in [4.78, 5) is 39.4. The zero-order valence-electron chi connectivity index (χ0n) is 21.2. The van der Waals surface area contributed by atoms with E-state index in [1.54, 1.807) is 87.4 Å². The number of hydrogen-bond donors (Lipinski definition) is 1. The number of carbonyl (C=O) groups excluding carboxylic acids is 3. The number of nitriles is 1. The number of rotatable bonds is 3. The molecule has 0 aliphatic heterocycles. The van der Waals surface area contributed by atoms with Crippen LogP contribution < -0.4 is 5.43 Å². The van der Waals surface area contributed by atoms with Crippen LogP contribution in [-0.4, -0.2) is 40.0 Å². The van der Waals surface area contributed by atoms with E-state index in [2.05, 4.69) is 5.43 Å². The highest BCUT2D eigenvalue weighted by atomic mass is 16.6. The number of carbonyl (C=O) groups is 3. The van der Waals surface area contributed by atoms with Gasteiger partial charge in [0.2, 0.25) is 0 Å². The van der Waals surface area contributed by atoms with Crippen LogP contribution in [-0.2, 0) is 24.5 Å². The van der Waals surface area contributed by atoms with Gasteiger partial charge in [0.1, 0.15) is 22.9 Å². The normalized spacial score (nSPS) is 13.7. The summed E-state index contributed by atoms with van der Waals surface area (Å²) in [5.74, 6) is -1.06. The summed E-state index contributed by atoms with van der Waals surface area (Å²) in [6, 6.07) is 8.34. The number of amides is 2. The van der Waals surface area contributed by atoms with Crippen molar-refractivity contribution in [3.63, 3.8) is 0 Å². The lowest BCUT2D eigenvalue weighted by Gasteiger charge is -2.38. The predicted octanol–water partition coefficient (Wildman–Crippen LogP) is 4.73. The molecule has 1 N–H and O–H groups in total. The van der Waals surface area contributed by atoms with Gasteiger partial charge in [-0.2, -0.15) is 10.3 Å². The number of ether oxygens (including phenoxy) is 3. The molecule has 0 bridgehead atoms. The Kier molecular flexibility index (Phi) is 8.15. The van der Waals surface area contributed by atoms with E-state index in [0.29, 0.717) is 5.01 Å². The van der Waals surface area contributed by atoms with Crippen molar-refractivity contribution < 1.29 is 28.6 Å². The molecular formula is C24H35N3O6. The maximum absolute atomic E-state index is 13.5. The van der Waals surface area contributed by atoms with Crippen LogP contribution in [0.3, 0.4) is 0 Å². The van der Waals surface area contributed by atoms with Crippen molar-refractivity contribution in [2.45, 2.75) is 91.6 Å². The van der Waals surface area contributed by atoms with E-state index in [0.717, 1.165) is 5.56 Å². The summed E-state index contributed by atoms with van der Waals surface area (Å²) in [6.45, 7) is 16.4. The third-order valence-corrected chi connectivity index (χ3v) is 3.81. The minimum absolute atomic E-state index is 0.112. The molecule has 1 atom stereocenters. The Labute approximate surface area is 195 Å². The second-order valence-corrected chi connectivity index (χ2v) is 10.6. The quantitative estimate of drug-likeness (QED) is 0.393. The van der Waals surface area contributed by atoms with E-state index in [9.17, 15) is 19.6 Å². The zero-order chi connectivity index (χ0) is 25.8. The summed E-state index contributed by atoms with van der Waals surface area (Å²) in [5, 5.41) is 10.9. The van der Waals surface area contributed by atoms with Gasteiger partial charge in [-0.1, -0.05) is 29.8 Å². The van der Waals surface area contributed by atoms with Crippen LogP contribution in [0.2, 0.25) is 0 Å². The fraction of sp³-hybridized carbons (Fsp3) is 0.583. The van der Waals surface area contributed by atoms with Gasteiger partial charge in [-0.05, 0) is 69.2 Å². The molecule has 0 fully saturated rings. The monoisotopic (exact) mass is 461 g/mol.